The minimum absolute atomic E-state index is 0.0576. The van der Waals surface area contributed by atoms with E-state index in [0.29, 0.717) is 0 Å². The Bertz CT molecular complexity index is 442. The maximum atomic E-state index is 13.2. The Kier molecular flexibility index (Phi) is 4.03. The molecule has 8 heteroatoms. The monoisotopic (exact) mass is 268 g/mol. The van der Waals surface area contributed by atoms with Gasteiger partial charge in [-0.3, -0.25) is 10.1 Å². The second kappa shape index (κ2) is 4.92. The molecule has 0 amide bonds. The lowest BCUT2D eigenvalue weighted by Gasteiger charge is -2.11. The van der Waals surface area contributed by atoms with Crippen molar-refractivity contribution in [2.24, 2.45) is 5.73 Å². The van der Waals surface area contributed by atoms with Gasteiger partial charge in [0, 0.05) is 0 Å². The number of aliphatic hydroxyl groups is 1. The van der Waals surface area contributed by atoms with Crippen LogP contribution in [-0.2, 0) is 0 Å². The lowest BCUT2D eigenvalue weighted by atomic mass is 10.1. The van der Waals surface area contributed by atoms with Gasteiger partial charge in [-0.15, -0.1) is 0 Å². The molecule has 16 heavy (non-hydrogen) atoms. The minimum Gasteiger partial charge on any atom is -0.394 e. The van der Waals surface area contributed by atoms with Crippen LogP contribution in [0.1, 0.15) is 11.6 Å². The summed E-state index contributed by atoms with van der Waals surface area (Å²) in [5.41, 5.74) is 4.61. The predicted octanol–water partition coefficient (Wildman–Crippen LogP) is 2.03. The van der Waals surface area contributed by atoms with E-state index in [1.54, 1.807) is 0 Å². The zero-order chi connectivity index (χ0) is 12.5. The van der Waals surface area contributed by atoms with Crippen LogP contribution < -0.4 is 5.73 Å². The topological polar surface area (TPSA) is 89.4 Å². The number of nitro benzene ring substituents is 1. The number of rotatable bonds is 3. The zero-order valence-corrected chi connectivity index (χ0v) is 9.30. The first-order valence-corrected chi connectivity index (χ1v) is 4.84. The van der Waals surface area contributed by atoms with Crippen LogP contribution in [0, 0.1) is 15.9 Å². The van der Waals surface area contributed by atoms with Crippen molar-refractivity contribution in [3.63, 3.8) is 0 Å². The molecule has 0 aliphatic carbocycles. The Morgan fingerprint density at radius 1 is 1.56 bits per heavy atom. The van der Waals surface area contributed by atoms with Crippen LogP contribution >= 0.6 is 23.2 Å². The normalized spacial score (nSPS) is 12.6. The van der Waals surface area contributed by atoms with Crippen molar-refractivity contribution in [3.05, 3.63) is 37.6 Å². The summed E-state index contributed by atoms with van der Waals surface area (Å²) in [4.78, 5) is 9.72. The van der Waals surface area contributed by atoms with Gasteiger partial charge < -0.3 is 10.8 Å². The SMILES string of the molecule is N[C@@H](CO)c1cc(F)c(Cl)c([N+](=O)[O-])c1Cl. The average molecular weight is 269 g/mol. The van der Waals surface area contributed by atoms with E-state index in [-0.39, 0.29) is 10.6 Å². The summed E-state index contributed by atoms with van der Waals surface area (Å²) >= 11 is 11.1. The van der Waals surface area contributed by atoms with Gasteiger partial charge in [0.15, 0.2) is 5.02 Å². The van der Waals surface area contributed by atoms with Crippen molar-refractivity contribution < 1.29 is 14.4 Å². The van der Waals surface area contributed by atoms with Gasteiger partial charge in [0.25, 0.3) is 0 Å². The van der Waals surface area contributed by atoms with Gasteiger partial charge in [-0.1, -0.05) is 23.2 Å². The van der Waals surface area contributed by atoms with Crippen molar-refractivity contribution in [1.29, 1.82) is 0 Å². The predicted molar refractivity (Wildman–Crippen MR) is 57.1 cm³/mol. The molecule has 0 heterocycles. The summed E-state index contributed by atoms with van der Waals surface area (Å²) in [5.74, 6) is -1.00. The lowest BCUT2D eigenvalue weighted by Crippen LogP contribution is -2.16. The molecule has 0 radical (unpaired) electrons. The Balaban J connectivity index is 3.50. The molecule has 0 aliphatic rings. The van der Waals surface area contributed by atoms with Crippen LogP contribution in [0.3, 0.4) is 0 Å². The molecule has 5 nitrogen and oxygen atoms in total. The molecule has 0 saturated heterocycles. The van der Waals surface area contributed by atoms with E-state index in [4.69, 9.17) is 34.0 Å². The highest BCUT2D eigenvalue weighted by atomic mass is 35.5. The quantitative estimate of drug-likeness (QED) is 0.499. The Labute approximate surface area is 99.7 Å². The molecule has 1 atom stereocenters. The highest BCUT2D eigenvalue weighted by Gasteiger charge is 2.27. The number of nitrogens with two attached hydrogens (primary N) is 1. The van der Waals surface area contributed by atoms with Gasteiger partial charge in [-0.25, -0.2) is 4.39 Å². The van der Waals surface area contributed by atoms with E-state index >= 15 is 0 Å². The summed E-state index contributed by atoms with van der Waals surface area (Å²) in [6, 6.07) is -0.128. The van der Waals surface area contributed by atoms with E-state index in [2.05, 4.69) is 0 Å². The van der Waals surface area contributed by atoms with Gasteiger partial charge in [0.05, 0.1) is 17.6 Å². The van der Waals surface area contributed by atoms with Crippen LogP contribution in [0.25, 0.3) is 0 Å². The first kappa shape index (κ1) is 13.1. The Hall–Kier alpha value is -0.950. The van der Waals surface area contributed by atoms with Gasteiger partial charge in [-0.2, -0.15) is 0 Å². The second-order valence-corrected chi connectivity index (χ2v) is 3.73. The molecule has 0 spiro atoms. The van der Waals surface area contributed by atoms with Crippen LogP contribution in [0.2, 0.25) is 10.0 Å². The van der Waals surface area contributed by atoms with E-state index in [9.17, 15) is 14.5 Å². The number of nitrogens with zero attached hydrogens (tertiary/aromatic N) is 1. The van der Waals surface area contributed by atoms with Crippen LogP contribution in [0.5, 0.6) is 0 Å². The summed E-state index contributed by atoms with van der Waals surface area (Å²) in [5, 5.41) is 18.4. The molecular formula is C8H7Cl2FN2O3. The highest BCUT2D eigenvalue weighted by Crippen LogP contribution is 2.38. The number of hydrogen-bond donors (Lipinski definition) is 2. The summed E-state index contributed by atoms with van der Waals surface area (Å²) < 4.78 is 13.2. The molecule has 1 aromatic rings. The average Bonchev–Trinajstić information content (AvgIpc) is 2.22. The molecular weight excluding hydrogens is 262 g/mol. The summed E-state index contributed by atoms with van der Waals surface area (Å²) in [6.45, 7) is -0.516. The summed E-state index contributed by atoms with van der Waals surface area (Å²) in [6.07, 6.45) is 0. The number of benzene rings is 1. The van der Waals surface area contributed by atoms with Crippen molar-refractivity contribution in [2.75, 3.05) is 6.61 Å². The Morgan fingerprint density at radius 3 is 2.56 bits per heavy atom. The van der Waals surface area contributed by atoms with Crippen molar-refractivity contribution in [1.82, 2.24) is 0 Å². The smallest absolute Gasteiger partial charge is 0.309 e. The first-order valence-electron chi connectivity index (χ1n) is 4.08. The molecule has 0 bridgehead atoms. The molecule has 0 saturated carbocycles. The fourth-order valence-electron chi connectivity index (χ4n) is 1.14. The fraction of sp³-hybridized carbons (Fsp3) is 0.250. The van der Waals surface area contributed by atoms with Gasteiger partial charge in [0.1, 0.15) is 10.8 Å². The molecule has 0 aliphatic heterocycles. The standard InChI is InChI=1S/C8H7Cl2FN2O3/c9-6-3(5(12)2-14)1-4(11)7(10)8(6)13(15)16/h1,5,14H,2,12H2/t5-/m0/s1. The highest BCUT2D eigenvalue weighted by molar-refractivity contribution is 6.38. The van der Waals surface area contributed by atoms with E-state index in [1.807, 2.05) is 0 Å². The number of hydrogen-bond acceptors (Lipinski definition) is 4. The largest absolute Gasteiger partial charge is 0.394 e. The number of aliphatic hydroxyl groups excluding tert-OH is 1. The maximum absolute atomic E-state index is 13.2. The van der Waals surface area contributed by atoms with E-state index < -0.39 is 34.1 Å². The molecule has 1 aromatic carbocycles. The summed E-state index contributed by atoms with van der Waals surface area (Å²) in [7, 11) is 0. The third-order valence-corrected chi connectivity index (χ3v) is 2.70. The first-order chi connectivity index (χ1) is 7.40. The third-order valence-electron chi connectivity index (χ3n) is 1.94. The number of halogens is 3. The van der Waals surface area contributed by atoms with E-state index in [0.717, 1.165) is 6.07 Å². The van der Waals surface area contributed by atoms with E-state index in [1.165, 1.54) is 0 Å². The van der Waals surface area contributed by atoms with Gasteiger partial charge >= 0.3 is 5.69 Å². The van der Waals surface area contributed by atoms with Crippen molar-refractivity contribution in [3.8, 4) is 0 Å². The van der Waals surface area contributed by atoms with Gasteiger partial charge in [0.2, 0.25) is 0 Å². The lowest BCUT2D eigenvalue weighted by molar-refractivity contribution is -0.384. The maximum Gasteiger partial charge on any atom is 0.309 e. The fourth-order valence-corrected chi connectivity index (χ4v) is 1.76. The van der Waals surface area contributed by atoms with Crippen molar-refractivity contribution in [2.45, 2.75) is 6.04 Å². The van der Waals surface area contributed by atoms with Crippen LogP contribution in [0.15, 0.2) is 6.07 Å². The molecule has 0 aromatic heterocycles. The third kappa shape index (κ3) is 2.25. The van der Waals surface area contributed by atoms with Crippen LogP contribution in [-0.4, -0.2) is 16.6 Å². The van der Waals surface area contributed by atoms with Crippen LogP contribution in [0.4, 0.5) is 10.1 Å². The molecule has 3 N–H and O–H groups in total. The molecule has 0 unspecified atom stereocenters. The number of nitro groups is 1. The molecule has 0 fully saturated rings. The molecule has 1 rings (SSSR count). The zero-order valence-electron chi connectivity index (χ0n) is 7.78. The minimum atomic E-state index is -1.00. The molecule has 88 valence electrons. The second-order valence-electron chi connectivity index (χ2n) is 2.97. The van der Waals surface area contributed by atoms with Gasteiger partial charge in [-0.05, 0) is 11.6 Å². The Morgan fingerprint density at radius 2 is 2.12 bits per heavy atom. The van der Waals surface area contributed by atoms with Crippen molar-refractivity contribution >= 4 is 28.9 Å².